The summed E-state index contributed by atoms with van der Waals surface area (Å²) in [5, 5.41) is 15.5. The molecule has 2 aromatic rings. The summed E-state index contributed by atoms with van der Waals surface area (Å²) in [6, 6.07) is 10.8. The van der Waals surface area contributed by atoms with Gasteiger partial charge in [0.1, 0.15) is 0 Å². The summed E-state index contributed by atoms with van der Waals surface area (Å²) >= 11 is 2.15. The molecular formula is C15H12IN3O4. The molecule has 0 aliphatic heterocycles. The molecule has 0 unspecified atom stereocenters. The number of hydrogen-bond acceptors (Lipinski definition) is 4. The first-order valence-electron chi connectivity index (χ1n) is 6.50. The molecule has 0 aliphatic carbocycles. The highest BCUT2D eigenvalue weighted by molar-refractivity contribution is 14.1. The van der Waals surface area contributed by atoms with Gasteiger partial charge in [0.15, 0.2) is 0 Å². The second-order valence-corrected chi connectivity index (χ2v) is 5.92. The van der Waals surface area contributed by atoms with E-state index in [1.165, 1.54) is 24.3 Å². The first kappa shape index (κ1) is 16.9. The minimum Gasteiger partial charge on any atom is -0.318 e. The van der Waals surface area contributed by atoms with Gasteiger partial charge in [-0.1, -0.05) is 6.07 Å². The summed E-state index contributed by atoms with van der Waals surface area (Å²) in [4.78, 5) is 33.9. The standard InChI is InChI=1S/C15H12IN3O4/c1-9-7-10(16)5-6-13(9)18-15(21)14(20)17-11-3-2-4-12(8-11)19(22)23/h2-8H,1H3,(H,17,20)(H,18,21). The molecule has 0 atom stereocenters. The first-order chi connectivity index (χ1) is 10.9. The number of nitro benzene ring substituents is 1. The monoisotopic (exact) mass is 425 g/mol. The smallest absolute Gasteiger partial charge is 0.314 e. The van der Waals surface area contributed by atoms with E-state index in [4.69, 9.17) is 0 Å². The van der Waals surface area contributed by atoms with E-state index >= 15 is 0 Å². The third-order valence-corrected chi connectivity index (χ3v) is 3.63. The highest BCUT2D eigenvalue weighted by Gasteiger charge is 2.16. The van der Waals surface area contributed by atoms with Crippen LogP contribution in [0.5, 0.6) is 0 Å². The lowest BCUT2D eigenvalue weighted by atomic mass is 10.2. The van der Waals surface area contributed by atoms with Crippen molar-refractivity contribution in [1.82, 2.24) is 0 Å². The van der Waals surface area contributed by atoms with E-state index in [0.717, 1.165) is 9.13 Å². The van der Waals surface area contributed by atoms with Crippen LogP contribution in [0.2, 0.25) is 0 Å². The van der Waals surface area contributed by atoms with Gasteiger partial charge in [-0.25, -0.2) is 0 Å². The summed E-state index contributed by atoms with van der Waals surface area (Å²) in [7, 11) is 0. The molecule has 0 fully saturated rings. The number of nitrogens with zero attached hydrogens (tertiary/aromatic N) is 1. The number of non-ortho nitro benzene ring substituents is 1. The summed E-state index contributed by atoms with van der Waals surface area (Å²) in [6.07, 6.45) is 0. The number of anilines is 2. The predicted octanol–water partition coefficient (Wildman–Crippen LogP) is 3.09. The second-order valence-electron chi connectivity index (χ2n) is 4.67. The summed E-state index contributed by atoms with van der Waals surface area (Å²) in [6.45, 7) is 1.82. The van der Waals surface area contributed by atoms with Crippen LogP contribution >= 0.6 is 22.6 Å². The highest BCUT2D eigenvalue weighted by Crippen LogP contribution is 2.19. The Balaban J connectivity index is 2.07. The van der Waals surface area contributed by atoms with Crippen molar-refractivity contribution in [2.24, 2.45) is 0 Å². The van der Waals surface area contributed by atoms with Gasteiger partial charge in [-0.2, -0.15) is 0 Å². The van der Waals surface area contributed by atoms with Crippen LogP contribution in [0.25, 0.3) is 0 Å². The number of rotatable bonds is 3. The molecule has 2 aromatic carbocycles. The van der Waals surface area contributed by atoms with Crippen molar-refractivity contribution < 1.29 is 14.5 Å². The predicted molar refractivity (Wildman–Crippen MR) is 94.3 cm³/mol. The van der Waals surface area contributed by atoms with E-state index in [1.54, 1.807) is 6.07 Å². The van der Waals surface area contributed by atoms with Gasteiger partial charge in [0.25, 0.3) is 5.69 Å². The molecule has 23 heavy (non-hydrogen) atoms. The maximum absolute atomic E-state index is 11.9. The van der Waals surface area contributed by atoms with E-state index in [0.29, 0.717) is 5.69 Å². The Kier molecular flexibility index (Phi) is 5.27. The lowest BCUT2D eigenvalue weighted by Crippen LogP contribution is -2.29. The van der Waals surface area contributed by atoms with Gasteiger partial charge in [-0.05, 0) is 59.3 Å². The summed E-state index contributed by atoms with van der Waals surface area (Å²) in [5.41, 5.74) is 1.37. The average molecular weight is 425 g/mol. The molecule has 118 valence electrons. The van der Waals surface area contributed by atoms with Gasteiger partial charge >= 0.3 is 11.8 Å². The zero-order valence-electron chi connectivity index (χ0n) is 12.0. The van der Waals surface area contributed by atoms with Crippen LogP contribution in [0.3, 0.4) is 0 Å². The van der Waals surface area contributed by atoms with Crippen molar-refractivity contribution in [3.05, 3.63) is 61.7 Å². The van der Waals surface area contributed by atoms with Gasteiger partial charge in [-0.15, -0.1) is 0 Å². The number of nitro groups is 1. The van der Waals surface area contributed by atoms with Crippen molar-refractivity contribution in [2.45, 2.75) is 6.92 Å². The van der Waals surface area contributed by atoms with Crippen LogP contribution < -0.4 is 10.6 Å². The topological polar surface area (TPSA) is 101 Å². The fourth-order valence-electron chi connectivity index (χ4n) is 1.83. The molecule has 0 bridgehead atoms. The summed E-state index contributed by atoms with van der Waals surface area (Å²) in [5.74, 6) is -1.75. The molecule has 2 rings (SSSR count). The molecule has 2 N–H and O–H groups in total. The zero-order valence-corrected chi connectivity index (χ0v) is 14.2. The SMILES string of the molecule is Cc1cc(I)ccc1NC(=O)C(=O)Nc1cccc([N+](=O)[O-])c1. The van der Waals surface area contributed by atoms with Crippen molar-refractivity contribution in [1.29, 1.82) is 0 Å². The number of hydrogen-bond donors (Lipinski definition) is 2. The normalized spacial score (nSPS) is 10.0. The molecule has 7 nitrogen and oxygen atoms in total. The van der Waals surface area contributed by atoms with Gasteiger partial charge in [0.2, 0.25) is 0 Å². The van der Waals surface area contributed by atoms with Crippen molar-refractivity contribution in [3.63, 3.8) is 0 Å². The number of nitrogens with one attached hydrogen (secondary N) is 2. The zero-order chi connectivity index (χ0) is 17.0. The molecule has 0 aromatic heterocycles. The van der Waals surface area contributed by atoms with Crippen molar-refractivity contribution >= 4 is 51.5 Å². The van der Waals surface area contributed by atoms with Gasteiger partial charge in [0.05, 0.1) is 4.92 Å². The molecule has 0 saturated carbocycles. The van der Waals surface area contributed by atoms with Crippen LogP contribution in [0.15, 0.2) is 42.5 Å². The Morgan fingerprint density at radius 3 is 2.43 bits per heavy atom. The van der Waals surface area contributed by atoms with Crippen LogP contribution in [0, 0.1) is 20.6 Å². The highest BCUT2D eigenvalue weighted by atomic mass is 127. The number of amides is 2. The maximum atomic E-state index is 11.9. The van der Waals surface area contributed by atoms with Crippen LogP contribution in [0.1, 0.15) is 5.56 Å². The van der Waals surface area contributed by atoms with Crippen molar-refractivity contribution in [2.75, 3.05) is 10.6 Å². The fraction of sp³-hybridized carbons (Fsp3) is 0.0667. The van der Waals surface area contributed by atoms with Crippen LogP contribution in [-0.2, 0) is 9.59 Å². The van der Waals surface area contributed by atoms with Crippen LogP contribution in [0.4, 0.5) is 17.1 Å². The van der Waals surface area contributed by atoms with Gasteiger partial charge < -0.3 is 10.6 Å². The number of carbonyl (C=O) groups is 2. The third-order valence-electron chi connectivity index (χ3n) is 2.96. The third kappa shape index (κ3) is 4.49. The molecule has 2 amide bonds. The molecule has 0 spiro atoms. The largest absolute Gasteiger partial charge is 0.318 e. The fourth-order valence-corrected chi connectivity index (χ4v) is 2.48. The maximum Gasteiger partial charge on any atom is 0.314 e. The number of benzene rings is 2. The van der Waals surface area contributed by atoms with Crippen molar-refractivity contribution in [3.8, 4) is 0 Å². The van der Waals surface area contributed by atoms with E-state index in [2.05, 4.69) is 33.2 Å². The molecule has 0 aliphatic rings. The number of carbonyl (C=O) groups excluding carboxylic acids is 2. The lowest BCUT2D eigenvalue weighted by molar-refractivity contribution is -0.384. The molecular weight excluding hydrogens is 413 g/mol. The average Bonchev–Trinajstić information content (AvgIpc) is 2.50. The van der Waals surface area contributed by atoms with Gasteiger partial charge in [0, 0.05) is 27.1 Å². The molecule has 0 radical (unpaired) electrons. The van der Waals surface area contributed by atoms with E-state index in [9.17, 15) is 19.7 Å². The second kappa shape index (κ2) is 7.18. The minimum absolute atomic E-state index is 0.170. The number of halogens is 1. The van der Waals surface area contributed by atoms with E-state index in [1.807, 2.05) is 19.1 Å². The molecule has 0 heterocycles. The Morgan fingerprint density at radius 1 is 1.09 bits per heavy atom. The Hall–Kier alpha value is -2.49. The molecule has 0 saturated heterocycles. The quantitative estimate of drug-likeness (QED) is 0.342. The lowest BCUT2D eigenvalue weighted by Gasteiger charge is -2.09. The summed E-state index contributed by atoms with van der Waals surface area (Å²) < 4.78 is 1.01. The number of aryl methyl sites for hydroxylation is 1. The van der Waals surface area contributed by atoms with Crippen LogP contribution in [-0.4, -0.2) is 16.7 Å². The minimum atomic E-state index is -0.900. The Morgan fingerprint density at radius 2 is 1.78 bits per heavy atom. The molecule has 8 heteroatoms. The van der Waals surface area contributed by atoms with Gasteiger partial charge in [-0.3, -0.25) is 19.7 Å². The van der Waals surface area contributed by atoms with E-state index in [-0.39, 0.29) is 11.4 Å². The first-order valence-corrected chi connectivity index (χ1v) is 7.57. The Labute approximate surface area is 145 Å². The van der Waals surface area contributed by atoms with E-state index < -0.39 is 16.7 Å². The Bertz CT molecular complexity index is 792.